The summed E-state index contributed by atoms with van der Waals surface area (Å²) in [5, 5.41) is 0. The number of pyridine rings is 1. The van der Waals surface area contributed by atoms with Gasteiger partial charge in [-0.05, 0) is 12.1 Å². The van der Waals surface area contributed by atoms with Gasteiger partial charge in [-0.2, -0.15) is 18.2 Å². The van der Waals surface area contributed by atoms with Crippen molar-refractivity contribution in [2.75, 3.05) is 60.6 Å². The van der Waals surface area contributed by atoms with E-state index < -0.39 is 11.7 Å². The van der Waals surface area contributed by atoms with Crippen molar-refractivity contribution in [1.82, 2.24) is 15.0 Å². The van der Waals surface area contributed by atoms with Crippen molar-refractivity contribution < 1.29 is 17.9 Å². The third-order valence-corrected chi connectivity index (χ3v) is 6.08. The van der Waals surface area contributed by atoms with Crippen LogP contribution in [0.3, 0.4) is 0 Å². The van der Waals surface area contributed by atoms with E-state index in [0.717, 1.165) is 17.3 Å². The maximum Gasteiger partial charge on any atom is 0.419 e. The molecule has 0 atom stereocenters. The van der Waals surface area contributed by atoms with Gasteiger partial charge in [0.05, 0.1) is 31.0 Å². The average molecular weight is 483 g/mol. The van der Waals surface area contributed by atoms with Gasteiger partial charge in [-0.1, -0.05) is 36.9 Å². The predicted octanol–water partition coefficient (Wildman–Crippen LogP) is 4.23. The molecule has 7 nitrogen and oxygen atoms in total. The Balaban J connectivity index is 1.45. The zero-order chi connectivity index (χ0) is 24.4. The summed E-state index contributed by atoms with van der Waals surface area (Å²) in [7, 11) is 0. The van der Waals surface area contributed by atoms with Gasteiger partial charge in [0.2, 0.25) is 5.95 Å². The number of nitrogens with zero attached hydrogens (tertiary/aromatic N) is 6. The Morgan fingerprint density at radius 3 is 2.37 bits per heavy atom. The summed E-state index contributed by atoms with van der Waals surface area (Å²) >= 11 is 0. The lowest BCUT2D eigenvalue weighted by molar-refractivity contribution is -0.137. The number of ether oxygens (including phenoxy) is 1. The summed E-state index contributed by atoms with van der Waals surface area (Å²) < 4.78 is 46.1. The molecule has 0 N–H and O–H groups in total. The third kappa shape index (κ3) is 4.93. The van der Waals surface area contributed by atoms with Crippen LogP contribution in [0.2, 0.25) is 0 Å². The molecule has 0 saturated carbocycles. The molecule has 0 radical (unpaired) electrons. The molecule has 0 amide bonds. The first-order valence-corrected chi connectivity index (χ1v) is 11.4. The first-order valence-electron chi connectivity index (χ1n) is 11.4. The lowest BCUT2D eigenvalue weighted by Crippen LogP contribution is -2.46. The van der Waals surface area contributed by atoms with Crippen LogP contribution in [0.25, 0.3) is 11.3 Å². The van der Waals surface area contributed by atoms with E-state index in [-0.39, 0.29) is 12.4 Å². The lowest BCUT2D eigenvalue weighted by atomic mass is 10.1. The summed E-state index contributed by atoms with van der Waals surface area (Å²) in [6.07, 6.45) is -3.10. The molecule has 5 rings (SSSR count). The Bertz CT molecular complexity index is 1200. The van der Waals surface area contributed by atoms with Crippen molar-refractivity contribution in [2.24, 2.45) is 0 Å². The van der Waals surface area contributed by atoms with Gasteiger partial charge < -0.3 is 19.4 Å². The van der Waals surface area contributed by atoms with Crippen molar-refractivity contribution in [1.29, 1.82) is 0 Å². The summed E-state index contributed by atoms with van der Waals surface area (Å²) in [5.41, 5.74) is 1.62. The molecule has 10 heteroatoms. The van der Waals surface area contributed by atoms with Crippen molar-refractivity contribution in [2.45, 2.75) is 6.18 Å². The Labute approximate surface area is 201 Å². The summed E-state index contributed by atoms with van der Waals surface area (Å²) in [5.74, 6) is 1.19. The zero-order valence-corrected chi connectivity index (χ0v) is 19.1. The smallest absolute Gasteiger partial charge is 0.378 e. The van der Waals surface area contributed by atoms with Crippen LogP contribution in [0.15, 0.2) is 67.0 Å². The topological polar surface area (TPSA) is 57.6 Å². The molecule has 182 valence electrons. The van der Waals surface area contributed by atoms with Gasteiger partial charge in [0, 0.05) is 49.7 Å². The van der Waals surface area contributed by atoms with Crippen LogP contribution >= 0.6 is 0 Å². The van der Waals surface area contributed by atoms with Crippen molar-refractivity contribution in [3.8, 4) is 11.3 Å². The molecule has 0 spiro atoms. The quantitative estimate of drug-likeness (QED) is 0.552. The number of hydrogen-bond donors (Lipinski definition) is 0. The summed E-state index contributed by atoms with van der Waals surface area (Å²) in [6, 6.07) is 14.1. The minimum absolute atomic E-state index is 0.0810. The van der Waals surface area contributed by atoms with E-state index >= 15 is 0 Å². The van der Waals surface area contributed by atoms with Crippen LogP contribution in [0, 0.1) is 0 Å². The Kier molecular flexibility index (Phi) is 6.29. The molecule has 2 saturated heterocycles. The minimum atomic E-state index is -4.48. The molecule has 1 aromatic carbocycles. The fourth-order valence-electron chi connectivity index (χ4n) is 4.31. The number of hydrogen-bond acceptors (Lipinski definition) is 7. The van der Waals surface area contributed by atoms with Crippen LogP contribution in [0.5, 0.6) is 0 Å². The van der Waals surface area contributed by atoms with Gasteiger partial charge in [0.25, 0.3) is 0 Å². The normalized spacial score (nSPS) is 17.1. The average Bonchev–Trinajstić information content (AvgIpc) is 2.89. The fraction of sp³-hybridized carbons (Fsp3) is 0.320. The van der Waals surface area contributed by atoms with Crippen LogP contribution in [-0.2, 0) is 10.9 Å². The second kappa shape index (κ2) is 9.53. The molecular weight excluding hydrogens is 457 g/mol. The van der Waals surface area contributed by atoms with Crippen molar-refractivity contribution in [3.63, 3.8) is 0 Å². The molecule has 2 aliphatic heterocycles. The Morgan fingerprint density at radius 2 is 1.66 bits per heavy atom. The van der Waals surface area contributed by atoms with Crippen LogP contribution in [0.4, 0.5) is 30.8 Å². The summed E-state index contributed by atoms with van der Waals surface area (Å²) in [6.45, 7) is 7.71. The highest BCUT2D eigenvalue weighted by Gasteiger charge is 2.37. The highest BCUT2D eigenvalue weighted by atomic mass is 19.4. The van der Waals surface area contributed by atoms with E-state index in [0.29, 0.717) is 56.9 Å². The largest absolute Gasteiger partial charge is 0.419 e. The number of morpholine rings is 1. The maximum absolute atomic E-state index is 13.5. The molecular formula is C25H25F3N6O. The molecule has 4 heterocycles. The van der Waals surface area contributed by atoms with Gasteiger partial charge in [-0.15, -0.1) is 0 Å². The van der Waals surface area contributed by atoms with Gasteiger partial charge in [0.15, 0.2) is 0 Å². The highest BCUT2D eigenvalue weighted by molar-refractivity contribution is 5.67. The second-order valence-corrected chi connectivity index (χ2v) is 8.39. The highest BCUT2D eigenvalue weighted by Crippen LogP contribution is 2.36. The SMILES string of the molecule is C=C1CN(c2ncccc2C(F)(F)F)CCN1c1cc(-c2ccccc2)nc(N2CCOCC2)n1. The van der Waals surface area contributed by atoms with Gasteiger partial charge in [-0.25, -0.2) is 9.97 Å². The number of aromatic nitrogens is 3. The number of halogens is 3. The third-order valence-electron chi connectivity index (χ3n) is 6.08. The molecule has 2 fully saturated rings. The molecule has 0 unspecified atom stereocenters. The minimum Gasteiger partial charge on any atom is -0.378 e. The molecule has 3 aromatic rings. The number of piperazine rings is 1. The lowest BCUT2D eigenvalue weighted by Gasteiger charge is -2.38. The van der Waals surface area contributed by atoms with Gasteiger partial charge in [0.1, 0.15) is 11.6 Å². The standard InChI is InChI=1S/C25H25F3N6O/c1-18-17-33(23-20(25(26,27)28)8-5-9-29-23)10-11-34(18)22-16-21(19-6-3-2-4-7-19)30-24(31-22)32-12-14-35-15-13-32/h2-9,16H,1,10-15,17H2. The first-order chi connectivity index (χ1) is 16.9. The van der Waals surface area contributed by atoms with Crippen molar-refractivity contribution >= 4 is 17.6 Å². The maximum atomic E-state index is 13.5. The predicted molar refractivity (Wildman–Crippen MR) is 128 cm³/mol. The fourth-order valence-corrected chi connectivity index (χ4v) is 4.31. The van der Waals surface area contributed by atoms with E-state index in [9.17, 15) is 13.2 Å². The zero-order valence-electron chi connectivity index (χ0n) is 19.1. The monoisotopic (exact) mass is 482 g/mol. The van der Waals surface area contributed by atoms with Gasteiger partial charge >= 0.3 is 6.18 Å². The van der Waals surface area contributed by atoms with E-state index in [1.807, 2.05) is 41.3 Å². The molecule has 35 heavy (non-hydrogen) atoms. The number of alkyl halides is 3. The van der Waals surface area contributed by atoms with E-state index in [2.05, 4.69) is 16.5 Å². The van der Waals surface area contributed by atoms with Crippen molar-refractivity contribution in [3.05, 3.63) is 72.6 Å². The first kappa shape index (κ1) is 23.1. The van der Waals surface area contributed by atoms with Gasteiger partial charge in [-0.3, -0.25) is 0 Å². The molecule has 2 aromatic heterocycles. The number of anilines is 3. The van der Waals surface area contributed by atoms with Crippen LogP contribution in [0.1, 0.15) is 5.56 Å². The number of benzene rings is 1. The molecule has 0 bridgehead atoms. The van der Waals surface area contributed by atoms with E-state index in [1.54, 1.807) is 4.90 Å². The Morgan fingerprint density at radius 1 is 0.886 bits per heavy atom. The van der Waals surface area contributed by atoms with E-state index in [1.165, 1.54) is 12.3 Å². The molecule has 0 aliphatic carbocycles. The van der Waals surface area contributed by atoms with Crippen LogP contribution in [-0.4, -0.2) is 60.9 Å². The number of rotatable bonds is 4. The van der Waals surface area contributed by atoms with Crippen LogP contribution < -0.4 is 14.7 Å². The molecule has 2 aliphatic rings. The Hall–Kier alpha value is -3.66. The second-order valence-electron chi connectivity index (χ2n) is 8.39. The summed E-state index contributed by atoms with van der Waals surface area (Å²) in [4.78, 5) is 19.3. The van der Waals surface area contributed by atoms with E-state index in [4.69, 9.17) is 14.7 Å².